The van der Waals surface area contributed by atoms with E-state index in [0.29, 0.717) is 6.29 Å². The number of hydrogen-bond acceptors (Lipinski definition) is 5. The monoisotopic (exact) mass is 210 g/mol. The van der Waals surface area contributed by atoms with Crippen molar-refractivity contribution in [2.24, 2.45) is 0 Å². The molecule has 1 rings (SSSR count). The van der Waals surface area contributed by atoms with Crippen LogP contribution in [0.25, 0.3) is 0 Å². The zero-order valence-electron chi connectivity index (χ0n) is 7.93. The zero-order chi connectivity index (χ0) is 11.4. The van der Waals surface area contributed by atoms with Gasteiger partial charge in [0.25, 0.3) is 5.69 Å². The van der Waals surface area contributed by atoms with Crippen LogP contribution in [0.1, 0.15) is 17.3 Å². The van der Waals surface area contributed by atoms with Gasteiger partial charge in [0.1, 0.15) is 12.0 Å². The van der Waals surface area contributed by atoms with Crippen LogP contribution < -0.4 is 9.84 Å². The smallest absolute Gasteiger partial charge is 0.266 e. The van der Waals surface area contributed by atoms with Gasteiger partial charge in [-0.15, -0.1) is 0 Å². The average molecular weight is 210 g/mol. The Morgan fingerprint density at radius 3 is 2.67 bits per heavy atom. The summed E-state index contributed by atoms with van der Waals surface area (Å²) < 4.78 is 4.89. The summed E-state index contributed by atoms with van der Waals surface area (Å²) in [5.74, 6) is -0.985. The molecule has 0 unspecified atom stereocenters. The highest BCUT2D eigenvalue weighted by molar-refractivity contribution is 5.79. The Labute approximate surface area is 85.2 Å². The first-order valence-electron chi connectivity index (χ1n) is 4.17. The van der Waals surface area contributed by atoms with Crippen LogP contribution >= 0.6 is 0 Å². The molecule has 0 fully saturated rings. The molecule has 0 radical (unpaired) electrons. The lowest BCUT2D eigenvalue weighted by Gasteiger charge is -2.13. The molecule has 0 aromatic heterocycles. The van der Waals surface area contributed by atoms with E-state index in [1.807, 2.05) is 0 Å². The molecule has 0 aliphatic rings. The number of rotatable bonds is 4. The van der Waals surface area contributed by atoms with Crippen molar-refractivity contribution in [2.45, 2.75) is 6.92 Å². The van der Waals surface area contributed by atoms with Gasteiger partial charge in [0, 0.05) is 17.4 Å². The maximum atomic E-state index is 11.4. The van der Waals surface area contributed by atoms with E-state index in [9.17, 15) is 20.0 Å². The molecule has 0 N–H and O–H groups in total. The van der Waals surface area contributed by atoms with Gasteiger partial charge >= 0.3 is 0 Å². The first-order valence-corrected chi connectivity index (χ1v) is 4.17. The minimum atomic E-state index is -0.835. The fourth-order valence-corrected chi connectivity index (χ4v) is 1.07. The SMILES string of the molecule is CCOc1cc(C=O)cc([N+](=O)[O-])c1[O-]. The first-order chi connectivity index (χ1) is 7.10. The predicted octanol–water partition coefficient (Wildman–Crippen LogP) is 0.880. The Kier molecular flexibility index (Phi) is 3.22. The van der Waals surface area contributed by atoms with Crippen molar-refractivity contribution in [3.8, 4) is 11.5 Å². The molecule has 15 heavy (non-hydrogen) atoms. The van der Waals surface area contributed by atoms with Gasteiger partial charge < -0.3 is 9.84 Å². The third-order valence-electron chi connectivity index (χ3n) is 1.69. The number of carbonyl (C=O) groups is 1. The Hall–Kier alpha value is -2.11. The molecular formula is C9H8NO5-. The second-order valence-corrected chi connectivity index (χ2v) is 2.68. The predicted molar refractivity (Wildman–Crippen MR) is 49.1 cm³/mol. The van der Waals surface area contributed by atoms with Crippen molar-refractivity contribution in [2.75, 3.05) is 6.61 Å². The maximum Gasteiger partial charge on any atom is 0.266 e. The molecule has 0 heterocycles. The van der Waals surface area contributed by atoms with Crippen LogP contribution in [0, 0.1) is 10.1 Å². The van der Waals surface area contributed by atoms with Gasteiger partial charge in [0.2, 0.25) is 0 Å². The van der Waals surface area contributed by atoms with Crippen molar-refractivity contribution in [3.05, 3.63) is 27.8 Å². The Bertz CT molecular complexity index is 402. The molecule has 0 spiro atoms. The summed E-state index contributed by atoms with van der Waals surface area (Å²) >= 11 is 0. The van der Waals surface area contributed by atoms with E-state index in [0.717, 1.165) is 6.07 Å². The minimum Gasteiger partial charge on any atom is -0.865 e. The van der Waals surface area contributed by atoms with Gasteiger partial charge in [-0.2, -0.15) is 0 Å². The van der Waals surface area contributed by atoms with Crippen molar-refractivity contribution in [1.29, 1.82) is 0 Å². The van der Waals surface area contributed by atoms with Crippen LogP contribution in [0.2, 0.25) is 0 Å². The van der Waals surface area contributed by atoms with E-state index in [2.05, 4.69) is 0 Å². The molecule has 0 saturated heterocycles. The summed E-state index contributed by atoms with van der Waals surface area (Å²) in [5, 5.41) is 21.9. The van der Waals surface area contributed by atoms with Gasteiger partial charge in [0.05, 0.1) is 11.5 Å². The summed E-state index contributed by atoms with van der Waals surface area (Å²) in [6.07, 6.45) is 0.426. The summed E-state index contributed by atoms with van der Waals surface area (Å²) in [6.45, 7) is 1.84. The fourth-order valence-electron chi connectivity index (χ4n) is 1.07. The van der Waals surface area contributed by atoms with Crippen LogP contribution in [-0.2, 0) is 0 Å². The molecule has 0 saturated carbocycles. The lowest BCUT2D eigenvalue weighted by atomic mass is 10.2. The van der Waals surface area contributed by atoms with Crippen LogP contribution in [-0.4, -0.2) is 17.8 Å². The van der Waals surface area contributed by atoms with Crippen molar-refractivity contribution in [3.63, 3.8) is 0 Å². The van der Waals surface area contributed by atoms with Gasteiger partial charge in [-0.05, 0) is 13.0 Å². The quantitative estimate of drug-likeness (QED) is 0.417. The summed E-state index contributed by atoms with van der Waals surface area (Å²) in [5.41, 5.74) is -0.604. The van der Waals surface area contributed by atoms with E-state index in [-0.39, 0.29) is 17.9 Å². The average Bonchev–Trinajstić information content (AvgIpc) is 2.21. The number of aldehydes is 1. The van der Waals surface area contributed by atoms with Crippen molar-refractivity contribution in [1.82, 2.24) is 0 Å². The highest BCUT2D eigenvalue weighted by Gasteiger charge is 2.13. The van der Waals surface area contributed by atoms with Crippen LogP contribution in [0.5, 0.6) is 11.5 Å². The number of nitro groups is 1. The van der Waals surface area contributed by atoms with Crippen LogP contribution in [0.4, 0.5) is 5.69 Å². The van der Waals surface area contributed by atoms with Crippen LogP contribution in [0.3, 0.4) is 0 Å². The van der Waals surface area contributed by atoms with E-state index in [4.69, 9.17) is 4.74 Å². The second kappa shape index (κ2) is 4.41. The lowest BCUT2D eigenvalue weighted by Crippen LogP contribution is -2.03. The number of ether oxygens (including phenoxy) is 1. The number of nitro benzene ring substituents is 1. The molecule has 1 aromatic rings. The highest BCUT2D eigenvalue weighted by atomic mass is 16.6. The maximum absolute atomic E-state index is 11.4. The largest absolute Gasteiger partial charge is 0.865 e. The van der Waals surface area contributed by atoms with Crippen LogP contribution in [0.15, 0.2) is 12.1 Å². The first kappa shape index (κ1) is 11.0. The Morgan fingerprint density at radius 1 is 1.53 bits per heavy atom. The van der Waals surface area contributed by atoms with E-state index >= 15 is 0 Å². The fraction of sp³-hybridized carbons (Fsp3) is 0.222. The van der Waals surface area contributed by atoms with E-state index in [1.54, 1.807) is 6.92 Å². The minimum absolute atomic E-state index is 0.0461. The Morgan fingerprint density at radius 2 is 2.20 bits per heavy atom. The molecule has 0 atom stereocenters. The molecule has 0 amide bonds. The van der Waals surface area contributed by atoms with E-state index in [1.165, 1.54) is 6.07 Å². The standard InChI is InChI=1S/C9H9NO5/c1-2-15-8-4-6(5-11)3-7(9(8)12)10(13)14/h3-5,12H,2H2,1H3/p-1. The van der Waals surface area contributed by atoms with E-state index < -0.39 is 16.4 Å². The summed E-state index contributed by atoms with van der Waals surface area (Å²) in [6, 6.07) is 2.11. The third-order valence-corrected chi connectivity index (χ3v) is 1.69. The molecule has 6 heteroatoms. The van der Waals surface area contributed by atoms with Gasteiger partial charge in [-0.1, -0.05) is 0 Å². The third kappa shape index (κ3) is 2.22. The number of hydrogen-bond donors (Lipinski definition) is 0. The topological polar surface area (TPSA) is 92.5 Å². The molecule has 1 aromatic carbocycles. The van der Waals surface area contributed by atoms with Gasteiger partial charge in [-0.25, -0.2) is 0 Å². The normalized spacial score (nSPS) is 9.67. The lowest BCUT2D eigenvalue weighted by molar-refractivity contribution is -0.398. The van der Waals surface area contributed by atoms with Crippen molar-refractivity contribution < 1.29 is 19.6 Å². The number of nitrogens with zero attached hydrogens (tertiary/aromatic N) is 1. The molecule has 80 valence electrons. The van der Waals surface area contributed by atoms with Crippen molar-refractivity contribution >= 4 is 12.0 Å². The zero-order valence-corrected chi connectivity index (χ0v) is 7.93. The number of benzene rings is 1. The number of carbonyl (C=O) groups excluding carboxylic acids is 1. The molecular weight excluding hydrogens is 202 g/mol. The van der Waals surface area contributed by atoms with Gasteiger partial charge in [0.15, 0.2) is 0 Å². The highest BCUT2D eigenvalue weighted by Crippen LogP contribution is 2.34. The molecule has 0 aliphatic heterocycles. The second-order valence-electron chi connectivity index (χ2n) is 2.68. The summed E-state index contributed by atoms with van der Waals surface area (Å²) in [7, 11) is 0. The Balaban J connectivity index is 3.32. The molecule has 0 aliphatic carbocycles. The molecule has 0 bridgehead atoms. The summed E-state index contributed by atoms with van der Waals surface area (Å²) in [4.78, 5) is 20.1. The van der Waals surface area contributed by atoms with Gasteiger partial charge in [-0.3, -0.25) is 14.9 Å². The molecule has 6 nitrogen and oxygen atoms in total.